The van der Waals surface area contributed by atoms with E-state index < -0.39 is 0 Å². The number of nitrogens with zero attached hydrogens (tertiary/aromatic N) is 5. The van der Waals surface area contributed by atoms with Crippen LogP contribution in [0.4, 0.5) is 5.82 Å². The molecule has 0 aliphatic rings. The van der Waals surface area contributed by atoms with Crippen molar-refractivity contribution in [3.8, 4) is 11.4 Å². The third-order valence-electron chi connectivity index (χ3n) is 3.40. The molecule has 0 spiro atoms. The van der Waals surface area contributed by atoms with Gasteiger partial charge in [0, 0.05) is 25.9 Å². The Morgan fingerprint density at radius 1 is 1.13 bits per heavy atom. The van der Waals surface area contributed by atoms with Gasteiger partial charge in [-0.25, -0.2) is 9.97 Å². The summed E-state index contributed by atoms with van der Waals surface area (Å²) >= 11 is 0. The molecule has 0 saturated heterocycles. The number of hydrogen-bond acceptors (Lipinski definition) is 6. The van der Waals surface area contributed by atoms with Crippen molar-refractivity contribution in [3.05, 3.63) is 54.2 Å². The molecule has 0 atom stereocenters. The third kappa shape index (κ3) is 3.51. The Bertz CT molecular complexity index is 771. The smallest absolute Gasteiger partial charge is 0.163 e. The summed E-state index contributed by atoms with van der Waals surface area (Å²) in [6.45, 7) is 0.914. The maximum absolute atomic E-state index is 5.04. The van der Waals surface area contributed by atoms with E-state index in [1.165, 1.54) is 0 Å². The lowest BCUT2D eigenvalue weighted by Gasteiger charge is -2.07. The van der Waals surface area contributed by atoms with E-state index in [1.54, 1.807) is 13.3 Å². The molecule has 0 aliphatic carbocycles. The van der Waals surface area contributed by atoms with Crippen LogP contribution in [0.2, 0.25) is 0 Å². The normalized spacial score (nSPS) is 10.7. The molecule has 0 unspecified atom stereocenters. The topological polar surface area (TPSA) is 77.8 Å². The molecular formula is C16H18N6O. The molecule has 7 heteroatoms. The van der Waals surface area contributed by atoms with E-state index in [2.05, 4.69) is 25.5 Å². The standard InChI is InChI=1S/C16H18N6O/c1-22-15(20-21-16(22)12-6-4-3-5-7-12)10-18-13-8-9-17-14(19-13)11-23-2/h3-9H,10-11H2,1-2H3,(H,17,18,19). The molecule has 0 fully saturated rings. The van der Waals surface area contributed by atoms with Crippen LogP contribution in [0.5, 0.6) is 0 Å². The van der Waals surface area contributed by atoms with Gasteiger partial charge < -0.3 is 14.6 Å². The molecule has 0 aliphatic heterocycles. The minimum absolute atomic E-state index is 0.387. The van der Waals surface area contributed by atoms with E-state index in [9.17, 15) is 0 Å². The Morgan fingerprint density at radius 3 is 2.74 bits per heavy atom. The fraction of sp³-hybridized carbons (Fsp3) is 0.250. The van der Waals surface area contributed by atoms with Crippen molar-refractivity contribution in [3.63, 3.8) is 0 Å². The number of nitrogens with one attached hydrogen (secondary N) is 1. The summed E-state index contributed by atoms with van der Waals surface area (Å²) in [6, 6.07) is 11.8. The summed E-state index contributed by atoms with van der Waals surface area (Å²) in [5.74, 6) is 3.04. The van der Waals surface area contributed by atoms with Gasteiger partial charge in [-0.1, -0.05) is 30.3 Å². The maximum Gasteiger partial charge on any atom is 0.163 e. The first kappa shape index (κ1) is 15.1. The van der Waals surface area contributed by atoms with E-state index in [1.807, 2.05) is 48.0 Å². The van der Waals surface area contributed by atoms with Crippen molar-refractivity contribution >= 4 is 5.82 Å². The van der Waals surface area contributed by atoms with Crippen molar-refractivity contribution in [2.75, 3.05) is 12.4 Å². The van der Waals surface area contributed by atoms with E-state index >= 15 is 0 Å². The average Bonchev–Trinajstić information content (AvgIpc) is 2.95. The van der Waals surface area contributed by atoms with Gasteiger partial charge in [0.25, 0.3) is 0 Å². The second-order valence-electron chi connectivity index (χ2n) is 5.01. The van der Waals surface area contributed by atoms with Crippen LogP contribution in [0.3, 0.4) is 0 Å². The Morgan fingerprint density at radius 2 is 1.96 bits per heavy atom. The molecule has 0 bridgehead atoms. The molecule has 0 saturated carbocycles. The fourth-order valence-corrected chi connectivity index (χ4v) is 2.22. The molecule has 0 radical (unpaired) electrons. The highest BCUT2D eigenvalue weighted by Crippen LogP contribution is 2.17. The van der Waals surface area contributed by atoms with Crippen LogP contribution in [0.15, 0.2) is 42.6 Å². The van der Waals surface area contributed by atoms with Crippen molar-refractivity contribution < 1.29 is 4.74 Å². The predicted octanol–water partition coefficient (Wildman–Crippen LogP) is 2.03. The lowest BCUT2D eigenvalue weighted by molar-refractivity contribution is 0.178. The van der Waals surface area contributed by atoms with Crippen molar-refractivity contribution in [1.82, 2.24) is 24.7 Å². The van der Waals surface area contributed by atoms with Gasteiger partial charge in [0.2, 0.25) is 0 Å². The van der Waals surface area contributed by atoms with E-state index in [0.717, 1.165) is 23.0 Å². The fourth-order valence-electron chi connectivity index (χ4n) is 2.22. The summed E-state index contributed by atoms with van der Waals surface area (Å²) < 4.78 is 7.01. The second-order valence-corrected chi connectivity index (χ2v) is 5.01. The molecule has 2 aromatic heterocycles. The Labute approximate surface area is 134 Å². The van der Waals surface area contributed by atoms with Crippen LogP contribution in [-0.2, 0) is 24.9 Å². The molecule has 7 nitrogen and oxygen atoms in total. The van der Waals surface area contributed by atoms with Crippen molar-refractivity contribution in [2.45, 2.75) is 13.2 Å². The summed E-state index contributed by atoms with van der Waals surface area (Å²) in [5, 5.41) is 11.7. The quantitative estimate of drug-likeness (QED) is 0.750. The lowest BCUT2D eigenvalue weighted by Crippen LogP contribution is -2.09. The summed E-state index contributed by atoms with van der Waals surface area (Å²) in [4.78, 5) is 8.50. The third-order valence-corrected chi connectivity index (χ3v) is 3.40. The molecule has 1 N–H and O–H groups in total. The van der Waals surface area contributed by atoms with Gasteiger partial charge in [0.1, 0.15) is 12.4 Å². The molecule has 3 rings (SSSR count). The zero-order chi connectivity index (χ0) is 16.1. The monoisotopic (exact) mass is 310 g/mol. The first-order valence-corrected chi connectivity index (χ1v) is 7.26. The number of benzene rings is 1. The van der Waals surface area contributed by atoms with Crippen molar-refractivity contribution in [1.29, 1.82) is 0 Å². The van der Waals surface area contributed by atoms with Crippen molar-refractivity contribution in [2.24, 2.45) is 7.05 Å². The largest absolute Gasteiger partial charge is 0.377 e. The van der Waals surface area contributed by atoms with Crippen LogP contribution in [0, 0.1) is 0 Å². The van der Waals surface area contributed by atoms with Crippen LogP contribution in [-0.4, -0.2) is 31.8 Å². The summed E-state index contributed by atoms with van der Waals surface area (Å²) in [7, 11) is 3.57. The molecule has 118 valence electrons. The molecule has 3 aromatic rings. The highest BCUT2D eigenvalue weighted by Gasteiger charge is 2.10. The number of hydrogen-bond donors (Lipinski definition) is 1. The lowest BCUT2D eigenvalue weighted by atomic mass is 10.2. The molecule has 2 heterocycles. The van der Waals surface area contributed by atoms with Gasteiger partial charge in [-0.3, -0.25) is 0 Å². The SMILES string of the molecule is COCc1nccc(NCc2nnc(-c3ccccc3)n2C)n1. The summed E-state index contributed by atoms with van der Waals surface area (Å²) in [6.07, 6.45) is 1.70. The molecular weight excluding hydrogens is 292 g/mol. The van der Waals surface area contributed by atoms with Gasteiger partial charge >= 0.3 is 0 Å². The highest BCUT2D eigenvalue weighted by molar-refractivity contribution is 5.54. The van der Waals surface area contributed by atoms with Crippen LogP contribution >= 0.6 is 0 Å². The average molecular weight is 310 g/mol. The minimum atomic E-state index is 0.387. The molecule has 1 aromatic carbocycles. The number of ether oxygens (including phenoxy) is 1. The van der Waals surface area contributed by atoms with Crippen LogP contribution < -0.4 is 5.32 Å². The van der Waals surface area contributed by atoms with Gasteiger partial charge in [0.05, 0.1) is 6.54 Å². The number of aromatic nitrogens is 5. The number of methoxy groups -OCH3 is 1. The zero-order valence-electron chi connectivity index (χ0n) is 13.1. The van der Waals surface area contributed by atoms with Gasteiger partial charge in [0.15, 0.2) is 17.5 Å². The zero-order valence-corrected chi connectivity index (χ0v) is 13.1. The molecule has 23 heavy (non-hydrogen) atoms. The molecule has 0 amide bonds. The number of rotatable bonds is 6. The van der Waals surface area contributed by atoms with Gasteiger partial charge in [-0.05, 0) is 6.07 Å². The van der Waals surface area contributed by atoms with Gasteiger partial charge in [-0.2, -0.15) is 0 Å². The Balaban J connectivity index is 1.72. The van der Waals surface area contributed by atoms with Crippen LogP contribution in [0.25, 0.3) is 11.4 Å². The van der Waals surface area contributed by atoms with Crippen LogP contribution in [0.1, 0.15) is 11.6 Å². The Kier molecular flexibility index (Phi) is 4.58. The summed E-state index contributed by atoms with van der Waals surface area (Å²) in [5.41, 5.74) is 1.04. The number of anilines is 1. The second kappa shape index (κ2) is 6.97. The van der Waals surface area contributed by atoms with E-state index in [0.29, 0.717) is 19.0 Å². The van der Waals surface area contributed by atoms with Gasteiger partial charge in [-0.15, -0.1) is 10.2 Å². The van der Waals surface area contributed by atoms with E-state index in [4.69, 9.17) is 4.74 Å². The predicted molar refractivity (Wildman–Crippen MR) is 86.5 cm³/mol. The van der Waals surface area contributed by atoms with E-state index in [-0.39, 0.29) is 0 Å². The maximum atomic E-state index is 5.04. The first-order valence-electron chi connectivity index (χ1n) is 7.26. The Hall–Kier alpha value is -2.80. The highest BCUT2D eigenvalue weighted by atomic mass is 16.5. The minimum Gasteiger partial charge on any atom is -0.377 e. The first-order chi connectivity index (χ1) is 11.3.